The highest BCUT2D eigenvalue weighted by Crippen LogP contribution is 2.21. The van der Waals surface area contributed by atoms with Gasteiger partial charge in [-0.3, -0.25) is 0 Å². The summed E-state index contributed by atoms with van der Waals surface area (Å²) in [6.07, 6.45) is 0. The van der Waals surface area contributed by atoms with Crippen LogP contribution in [-0.4, -0.2) is 18.8 Å². The minimum Gasteiger partial charge on any atom is -0.500 e. The Labute approximate surface area is 93.2 Å². The third-order valence-corrected chi connectivity index (χ3v) is 2.37. The van der Waals surface area contributed by atoms with E-state index in [9.17, 15) is 4.79 Å². The van der Waals surface area contributed by atoms with Crippen molar-refractivity contribution in [3.8, 4) is 0 Å². The first-order valence-corrected chi connectivity index (χ1v) is 4.84. The number of hydrogen-bond donors (Lipinski definition) is 0. The van der Waals surface area contributed by atoms with E-state index in [1.807, 2.05) is 30.3 Å². The van der Waals surface area contributed by atoms with E-state index in [2.05, 4.69) is 9.99 Å². The fraction of sp³-hybridized carbons (Fsp3) is 0.167. The Morgan fingerprint density at radius 3 is 2.62 bits per heavy atom. The third kappa shape index (κ3) is 1.69. The van der Waals surface area contributed by atoms with Crippen LogP contribution in [0.25, 0.3) is 0 Å². The van der Waals surface area contributed by atoms with Crippen LogP contribution in [0.1, 0.15) is 12.5 Å². The van der Waals surface area contributed by atoms with Gasteiger partial charge in [0.2, 0.25) is 0 Å². The highest BCUT2D eigenvalue weighted by molar-refractivity contribution is 6.29. The van der Waals surface area contributed by atoms with Gasteiger partial charge in [-0.25, -0.2) is 4.79 Å². The third-order valence-electron chi connectivity index (χ3n) is 2.37. The predicted molar refractivity (Wildman–Crippen MR) is 58.8 cm³/mol. The molecule has 0 fully saturated rings. The number of rotatable bonds is 2. The van der Waals surface area contributed by atoms with Gasteiger partial charge in [0.05, 0.1) is 7.11 Å². The van der Waals surface area contributed by atoms with Crippen molar-refractivity contribution in [2.75, 3.05) is 7.11 Å². The monoisotopic (exact) mass is 217 g/mol. The average molecular weight is 217 g/mol. The topological polar surface area (TPSA) is 47.9 Å². The lowest BCUT2D eigenvalue weighted by atomic mass is 10.0. The molecule has 1 aliphatic heterocycles. The number of carbonyl (C=O) groups is 1. The summed E-state index contributed by atoms with van der Waals surface area (Å²) in [5.74, 6) is 0.0308. The molecular formula is C12H11NO3. The van der Waals surface area contributed by atoms with Crippen LogP contribution in [0.2, 0.25) is 0 Å². The van der Waals surface area contributed by atoms with Crippen molar-refractivity contribution in [1.29, 1.82) is 0 Å². The van der Waals surface area contributed by atoms with E-state index < -0.39 is 5.97 Å². The molecule has 82 valence electrons. The molecule has 0 N–H and O–H groups in total. The summed E-state index contributed by atoms with van der Waals surface area (Å²) >= 11 is 0. The molecule has 0 radical (unpaired) electrons. The molecule has 1 aliphatic rings. The van der Waals surface area contributed by atoms with Crippen molar-refractivity contribution in [3.63, 3.8) is 0 Å². The van der Waals surface area contributed by atoms with Gasteiger partial charge in [-0.2, -0.15) is 0 Å². The summed E-state index contributed by atoms with van der Waals surface area (Å²) in [5.41, 5.74) is 1.73. The Bertz CT molecular complexity index is 474. The zero-order valence-corrected chi connectivity index (χ0v) is 9.06. The van der Waals surface area contributed by atoms with E-state index in [1.165, 1.54) is 7.11 Å². The first-order valence-electron chi connectivity index (χ1n) is 4.84. The van der Waals surface area contributed by atoms with Crippen molar-refractivity contribution in [2.24, 2.45) is 5.16 Å². The molecule has 0 bridgehead atoms. The molecule has 0 amide bonds. The lowest BCUT2D eigenvalue weighted by Crippen LogP contribution is -2.10. The van der Waals surface area contributed by atoms with Crippen LogP contribution in [-0.2, 0) is 14.4 Å². The Hall–Kier alpha value is -2.10. The second kappa shape index (κ2) is 4.18. The number of oxime groups is 1. The van der Waals surface area contributed by atoms with Crippen LogP contribution in [0.3, 0.4) is 0 Å². The molecule has 2 rings (SSSR count). The smallest absolute Gasteiger partial charge is 0.371 e. The van der Waals surface area contributed by atoms with Gasteiger partial charge in [-0.15, -0.1) is 0 Å². The summed E-state index contributed by atoms with van der Waals surface area (Å²) in [6, 6.07) is 9.38. The number of methoxy groups -OCH3 is 1. The molecule has 0 spiro atoms. The summed E-state index contributed by atoms with van der Waals surface area (Å²) in [7, 11) is 1.51. The molecule has 0 saturated heterocycles. The molecule has 16 heavy (non-hydrogen) atoms. The van der Waals surface area contributed by atoms with Gasteiger partial charge in [-0.05, 0) is 6.92 Å². The average Bonchev–Trinajstić information content (AvgIpc) is 2.71. The Kier molecular flexibility index (Phi) is 2.72. The van der Waals surface area contributed by atoms with Gasteiger partial charge in [0, 0.05) is 5.56 Å². The van der Waals surface area contributed by atoms with E-state index in [1.54, 1.807) is 6.92 Å². The van der Waals surface area contributed by atoms with Gasteiger partial charge in [0.25, 0.3) is 0 Å². The normalized spacial score (nSPS) is 17.9. The SMILES string of the molecule is COC(C)=C1C(=O)ON=C1c1ccccc1. The standard InChI is InChI=1S/C12H11NO3/c1-8(15-2)10-11(13-16-12(10)14)9-6-4-3-5-7-9/h3-7H,1-2H3. The molecule has 0 unspecified atom stereocenters. The van der Waals surface area contributed by atoms with Crippen molar-refractivity contribution in [2.45, 2.75) is 6.92 Å². The van der Waals surface area contributed by atoms with Crippen LogP contribution < -0.4 is 0 Å². The molecule has 0 aliphatic carbocycles. The van der Waals surface area contributed by atoms with E-state index in [0.29, 0.717) is 17.0 Å². The highest BCUT2D eigenvalue weighted by atomic mass is 16.7. The molecule has 1 heterocycles. The largest absolute Gasteiger partial charge is 0.500 e. The molecule has 0 aromatic heterocycles. The second-order valence-electron chi connectivity index (χ2n) is 3.32. The van der Waals surface area contributed by atoms with E-state index in [-0.39, 0.29) is 0 Å². The second-order valence-corrected chi connectivity index (χ2v) is 3.32. The number of carbonyl (C=O) groups excluding carboxylic acids is 1. The Morgan fingerprint density at radius 2 is 2.00 bits per heavy atom. The number of ether oxygens (including phenoxy) is 1. The number of nitrogens with zero attached hydrogens (tertiary/aromatic N) is 1. The Balaban J connectivity index is 2.47. The Morgan fingerprint density at radius 1 is 1.31 bits per heavy atom. The van der Waals surface area contributed by atoms with Crippen LogP contribution in [0.15, 0.2) is 46.8 Å². The van der Waals surface area contributed by atoms with Gasteiger partial charge in [0.1, 0.15) is 17.0 Å². The van der Waals surface area contributed by atoms with Crippen LogP contribution in [0.5, 0.6) is 0 Å². The maximum atomic E-state index is 11.5. The summed E-state index contributed by atoms with van der Waals surface area (Å²) in [4.78, 5) is 16.2. The van der Waals surface area contributed by atoms with Crippen molar-refractivity contribution < 1.29 is 14.4 Å². The molecular weight excluding hydrogens is 206 g/mol. The van der Waals surface area contributed by atoms with Crippen molar-refractivity contribution in [3.05, 3.63) is 47.2 Å². The van der Waals surface area contributed by atoms with Gasteiger partial charge < -0.3 is 9.57 Å². The zero-order valence-electron chi connectivity index (χ0n) is 9.06. The minimum absolute atomic E-state index is 0.383. The lowest BCUT2D eigenvalue weighted by molar-refractivity contribution is -0.137. The minimum atomic E-state index is -0.474. The van der Waals surface area contributed by atoms with E-state index >= 15 is 0 Å². The van der Waals surface area contributed by atoms with Gasteiger partial charge >= 0.3 is 5.97 Å². The highest BCUT2D eigenvalue weighted by Gasteiger charge is 2.29. The molecule has 4 heteroatoms. The summed E-state index contributed by atoms with van der Waals surface area (Å²) < 4.78 is 5.05. The quantitative estimate of drug-likeness (QED) is 0.431. The summed E-state index contributed by atoms with van der Waals surface area (Å²) in [6.45, 7) is 1.71. The number of allylic oxidation sites excluding steroid dienone is 1. The fourth-order valence-electron chi connectivity index (χ4n) is 1.48. The van der Waals surface area contributed by atoms with Gasteiger partial charge in [0.15, 0.2) is 0 Å². The predicted octanol–water partition coefficient (Wildman–Crippen LogP) is 1.87. The molecule has 1 aromatic rings. The maximum Gasteiger partial charge on any atom is 0.371 e. The van der Waals surface area contributed by atoms with Crippen molar-refractivity contribution in [1.82, 2.24) is 0 Å². The first kappa shape index (κ1) is 10.4. The van der Waals surface area contributed by atoms with Crippen molar-refractivity contribution >= 4 is 11.7 Å². The lowest BCUT2D eigenvalue weighted by Gasteiger charge is -2.04. The van der Waals surface area contributed by atoms with E-state index in [0.717, 1.165) is 5.56 Å². The summed E-state index contributed by atoms with van der Waals surface area (Å²) in [5, 5.41) is 3.77. The molecule has 4 nitrogen and oxygen atoms in total. The van der Waals surface area contributed by atoms with Crippen LogP contribution in [0.4, 0.5) is 0 Å². The van der Waals surface area contributed by atoms with Crippen LogP contribution >= 0.6 is 0 Å². The molecule has 0 saturated carbocycles. The van der Waals surface area contributed by atoms with Crippen LogP contribution in [0, 0.1) is 0 Å². The zero-order chi connectivity index (χ0) is 11.5. The molecule has 0 atom stereocenters. The number of hydrogen-bond acceptors (Lipinski definition) is 4. The fourth-order valence-corrected chi connectivity index (χ4v) is 1.48. The number of benzene rings is 1. The molecule has 1 aromatic carbocycles. The first-order chi connectivity index (χ1) is 7.74. The van der Waals surface area contributed by atoms with Gasteiger partial charge in [-0.1, -0.05) is 35.5 Å². The van der Waals surface area contributed by atoms with E-state index in [4.69, 9.17) is 4.74 Å². The maximum absolute atomic E-state index is 11.5.